The Kier molecular flexibility index (Phi) is 3.50. The van der Waals surface area contributed by atoms with E-state index in [2.05, 4.69) is 5.10 Å². The largest absolute Gasteiger partial charge is 0.282 e. The lowest BCUT2D eigenvalue weighted by Crippen LogP contribution is -1.97. The molecule has 0 atom stereocenters. The van der Waals surface area contributed by atoms with Crippen molar-refractivity contribution in [1.29, 1.82) is 0 Å². The van der Waals surface area contributed by atoms with Crippen LogP contribution in [0.15, 0.2) is 0 Å². The third-order valence-corrected chi connectivity index (χ3v) is 2.34. The summed E-state index contributed by atoms with van der Waals surface area (Å²) >= 11 is 11.2. The van der Waals surface area contributed by atoms with Gasteiger partial charge in [0.1, 0.15) is 10.8 Å². The zero-order valence-corrected chi connectivity index (χ0v) is 8.41. The second-order valence-electron chi connectivity index (χ2n) is 2.40. The number of hydrogen-bond acceptors (Lipinski definition) is 1. The van der Waals surface area contributed by atoms with Crippen molar-refractivity contribution in [2.45, 2.75) is 25.8 Å². The minimum absolute atomic E-state index is 0.0431. The molecule has 6 heteroatoms. The van der Waals surface area contributed by atoms with E-state index >= 15 is 0 Å². The maximum Gasteiger partial charge on any atom is 0.282 e. The quantitative estimate of drug-likeness (QED) is 0.727. The summed E-state index contributed by atoms with van der Waals surface area (Å²) in [4.78, 5) is 0. The van der Waals surface area contributed by atoms with Crippen molar-refractivity contribution >= 4 is 23.2 Å². The molecule has 74 valence electrons. The number of halogens is 4. The van der Waals surface area contributed by atoms with Crippen LogP contribution in [0.1, 0.15) is 24.6 Å². The predicted octanol–water partition coefficient (Wildman–Crippen LogP) is 3.23. The van der Waals surface area contributed by atoms with Crippen LogP contribution in [0.25, 0.3) is 0 Å². The van der Waals surface area contributed by atoms with Gasteiger partial charge in [-0.15, -0.1) is 11.6 Å². The van der Waals surface area contributed by atoms with Crippen molar-refractivity contribution in [3.05, 3.63) is 16.4 Å². The smallest absolute Gasteiger partial charge is 0.253 e. The number of aryl methyl sites for hydroxylation is 1. The van der Waals surface area contributed by atoms with Crippen LogP contribution in [0.5, 0.6) is 0 Å². The lowest BCUT2D eigenvalue weighted by molar-refractivity contribution is 0.144. The van der Waals surface area contributed by atoms with E-state index in [4.69, 9.17) is 23.2 Å². The molecular weight excluding hydrogens is 221 g/mol. The fourth-order valence-electron chi connectivity index (χ4n) is 1.00. The van der Waals surface area contributed by atoms with Gasteiger partial charge in [0, 0.05) is 12.1 Å². The Labute approximate surface area is 84.4 Å². The van der Waals surface area contributed by atoms with Gasteiger partial charge in [0.15, 0.2) is 0 Å². The topological polar surface area (TPSA) is 17.8 Å². The summed E-state index contributed by atoms with van der Waals surface area (Å²) in [6.45, 7) is 2.22. The van der Waals surface area contributed by atoms with Gasteiger partial charge < -0.3 is 0 Å². The van der Waals surface area contributed by atoms with Gasteiger partial charge in [0.05, 0.1) is 5.88 Å². The molecule has 1 rings (SSSR count). The summed E-state index contributed by atoms with van der Waals surface area (Å²) in [6, 6.07) is 0. The normalized spacial score (nSPS) is 11.2. The molecule has 1 heterocycles. The van der Waals surface area contributed by atoms with E-state index in [1.54, 1.807) is 6.92 Å². The van der Waals surface area contributed by atoms with Gasteiger partial charge in [0.25, 0.3) is 6.43 Å². The lowest BCUT2D eigenvalue weighted by Gasteiger charge is -1.95. The lowest BCUT2D eigenvalue weighted by atomic mass is 10.3. The van der Waals surface area contributed by atoms with E-state index in [0.29, 0.717) is 6.54 Å². The van der Waals surface area contributed by atoms with Gasteiger partial charge in [-0.1, -0.05) is 11.6 Å². The van der Waals surface area contributed by atoms with E-state index < -0.39 is 6.43 Å². The first-order valence-electron chi connectivity index (χ1n) is 3.71. The molecule has 0 fully saturated rings. The van der Waals surface area contributed by atoms with Crippen LogP contribution in [0.2, 0.25) is 5.15 Å². The molecule has 0 aliphatic rings. The summed E-state index contributed by atoms with van der Waals surface area (Å²) in [5.74, 6) is -0.0431. The maximum absolute atomic E-state index is 12.4. The Morgan fingerprint density at radius 1 is 1.54 bits per heavy atom. The van der Waals surface area contributed by atoms with Crippen LogP contribution in [-0.2, 0) is 12.4 Å². The molecular formula is C7H8Cl2F2N2. The molecule has 1 aromatic heterocycles. The van der Waals surface area contributed by atoms with E-state index in [9.17, 15) is 8.78 Å². The van der Waals surface area contributed by atoms with Crippen LogP contribution in [0.3, 0.4) is 0 Å². The van der Waals surface area contributed by atoms with Gasteiger partial charge in [-0.25, -0.2) is 8.78 Å². The van der Waals surface area contributed by atoms with Crippen molar-refractivity contribution < 1.29 is 8.78 Å². The monoisotopic (exact) mass is 228 g/mol. The molecule has 0 aromatic carbocycles. The molecule has 2 nitrogen and oxygen atoms in total. The van der Waals surface area contributed by atoms with Crippen LogP contribution < -0.4 is 0 Å². The fraction of sp³-hybridized carbons (Fsp3) is 0.571. The van der Waals surface area contributed by atoms with Gasteiger partial charge in [-0.05, 0) is 6.92 Å². The van der Waals surface area contributed by atoms with Crippen molar-refractivity contribution in [2.24, 2.45) is 0 Å². The zero-order valence-electron chi connectivity index (χ0n) is 6.90. The molecule has 0 saturated carbocycles. The van der Waals surface area contributed by atoms with Gasteiger partial charge in [-0.2, -0.15) is 5.10 Å². The third kappa shape index (κ3) is 1.94. The van der Waals surface area contributed by atoms with E-state index in [0.717, 1.165) is 0 Å². The molecule has 0 aliphatic carbocycles. The highest BCUT2D eigenvalue weighted by Crippen LogP contribution is 2.28. The average Bonchev–Trinajstić information content (AvgIpc) is 2.42. The SMILES string of the molecule is CCn1nc(C(F)F)c(CCl)c1Cl. The summed E-state index contributed by atoms with van der Waals surface area (Å²) < 4.78 is 26.0. The van der Waals surface area contributed by atoms with Gasteiger partial charge in [0.2, 0.25) is 0 Å². The summed E-state index contributed by atoms with van der Waals surface area (Å²) in [7, 11) is 0. The Balaban J connectivity index is 3.19. The summed E-state index contributed by atoms with van der Waals surface area (Å²) in [5, 5.41) is 3.85. The van der Waals surface area contributed by atoms with E-state index in [1.165, 1.54) is 4.68 Å². The van der Waals surface area contributed by atoms with Crippen molar-refractivity contribution in [3.63, 3.8) is 0 Å². The second kappa shape index (κ2) is 4.24. The van der Waals surface area contributed by atoms with Crippen LogP contribution in [-0.4, -0.2) is 9.78 Å². The van der Waals surface area contributed by atoms with E-state index in [-0.39, 0.29) is 22.3 Å². The van der Waals surface area contributed by atoms with Crippen molar-refractivity contribution in [2.75, 3.05) is 0 Å². The molecule has 0 unspecified atom stereocenters. The highest BCUT2D eigenvalue weighted by Gasteiger charge is 2.21. The standard InChI is InChI=1S/C7H8Cl2F2N2/c1-2-13-6(9)4(3-8)5(12-13)7(10)11/h7H,2-3H2,1H3. The zero-order chi connectivity index (χ0) is 10.0. The summed E-state index contributed by atoms with van der Waals surface area (Å²) in [5.41, 5.74) is -0.0953. The first-order chi connectivity index (χ1) is 6.11. The van der Waals surface area contributed by atoms with Crippen molar-refractivity contribution in [1.82, 2.24) is 9.78 Å². The van der Waals surface area contributed by atoms with E-state index in [1.807, 2.05) is 0 Å². The number of rotatable bonds is 3. The maximum atomic E-state index is 12.4. The molecule has 13 heavy (non-hydrogen) atoms. The van der Waals surface area contributed by atoms with Gasteiger partial charge in [-0.3, -0.25) is 4.68 Å². The van der Waals surface area contributed by atoms with Crippen LogP contribution >= 0.6 is 23.2 Å². The molecule has 1 aromatic rings. The summed E-state index contributed by atoms with van der Waals surface area (Å²) in [6.07, 6.45) is -2.63. The number of aromatic nitrogens is 2. The number of nitrogens with zero attached hydrogens (tertiary/aromatic N) is 2. The molecule has 0 radical (unpaired) electrons. The Morgan fingerprint density at radius 3 is 2.46 bits per heavy atom. The van der Waals surface area contributed by atoms with Crippen LogP contribution in [0.4, 0.5) is 8.78 Å². The minimum Gasteiger partial charge on any atom is -0.253 e. The van der Waals surface area contributed by atoms with Crippen molar-refractivity contribution in [3.8, 4) is 0 Å². The number of alkyl halides is 3. The molecule has 0 N–H and O–H groups in total. The Bertz CT molecular complexity index is 299. The molecule has 0 bridgehead atoms. The first kappa shape index (κ1) is 10.7. The Hall–Kier alpha value is -0.350. The molecule has 0 spiro atoms. The first-order valence-corrected chi connectivity index (χ1v) is 4.62. The molecule has 0 aliphatic heterocycles. The predicted molar refractivity (Wildman–Crippen MR) is 47.4 cm³/mol. The molecule has 0 amide bonds. The van der Waals surface area contributed by atoms with Gasteiger partial charge >= 0.3 is 0 Å². The van der Waals surface area contributed by atoms with Crippen LogP contribution in [0, 0.1) is 0 Å². The number of hydrogen-bond donors (Lipinski definition) is 0. The molecule has 0 saturated heterocycles. The Morgan fingerprint density at radius 2 is 2.15 bits per heavy atom. The fourth-order valence-corrected chi connectivity index (χ4v) is 1.66. The second-order valence-corrected chi connectivity index (χ2v) is 3.03. The third-order valence-electron chi connectivity index (χ3n) is 1.65. The average molecular weight is 229 g/mol. The highest BCUT2D eigenvalue weighted by atomic mass is 35.5. The highest BCUT2D eigenvalue weighted by molar-refractivity contribution is 6.31. The minimum atomic E-state index is -2.63.